The molecular formula is C17H14. The van der Waals surface area contributed by atoms with Crippen LogP contribution in [0.1, 0.15) is 22.3 Å². The number of allylic oxidation sites excluding steroid dienone is 1. The monoisotopic (exact) mass is 218 g/mol. The number of hydrogen-bond donors (Lipinski definition) is 0. The van der Waals surface area contributed by atoms with Gasteiger partial charge in [0.15, 0.2) is 0 Å². The Morgan fingerprint density at radius 3 is 2.35 bits per heavy atom. The normalized spacial score (nSPS) is 12.5. The van der Waals surface area contributed by atoms with Gasteiger partial charge < -0.3 is 0 Å². The molecule has 0 bridgehead atoms. The van der Waals surface area contributed by atoms with Gasteiger partial charge in [-0.3, -0.25) is 0 Å². The third-order valence-electron chi connectivity index (χ3n) is 3.06. The quantitative estimate of drug-likeness (QED) is 0.610. The smallest absolute Gasteiger partial charge is 0.00941 e. The van der Waals surface area contributed by atoms with E-state index in [1.54, 1.807) is 0 Å². The maximum Gasteiger partial charge on any atom is -0.00941 e. The minimum atomic E-state index is 0.994. The number of fused-ring (bicyclic) bond motifs is 1. The molecule has 0 aromatic heterocycles. The maximum absolute atomic E-state index is 2.23. The van der Waals surface area contributed by atoms with Crippen molar-refractivity contribution in [3.05, 3.63) is 76.9 Å². The fraction of sp³-hybridized carbons (Fsp3) is 0.0588. The second-order valence-corrected chi connectivity index (χ2v) is 4.31. The molecule has 0 saturated carbocycles. The van der Waals surface area contributed by atoms with Gasteiger partial charge in [0.05, 0.1) is 0 Å². The SMILES string of the molecule is C(=Cc1ccc2c(c1)C=C2)Cc1ccccc1. The Morgan fingerprint density at radius 2 is 1.65 bits per heavy atom. The molecule has 0 fully saturated rings. The zero-order chi connectivity index (χ0) is 11.5. The van der Waals surface area contributed by atoms with Crippen LogP contribution in [0.25, 0.3) is 18.2 Å². The molecule has 0 atom stereocenters. The zero-order valence-corrected chi connectivity index (χ0v) is 9.64. The Bertz CT molecular complexity index is 574. The van der Waals surface area contributed by atoms with E-state index in [0.717, 1.165) is 6.42 Å². The first kappa shape index (κ1) is 10.1. The average molecular weight is 218 g/mol. The van der Waals surface area contributed by atoms with Crippen molar-refractivity contribution in [2.75, 3.05) is 0 Å². The van der Waals surface area contributed by atoms with Crippen LogP contribution >= 0.6 is 0 Å². The van der Waals surface area contributed by atoms with Crippen LogP contribution in [0, 0.1) is 0 Å². The van der Waals surface area contributed by atoms with Gasteiger partial charge in [-0.2, -0.15) is 0 Å². The molecule has 0 nitrogen and oxygen atoms in total. The van der Waals surface area contributed by atoms with E-state index in [2.05, 4.69) is 72.8 Å². The maximum atomic E-state index is 2.23. The summed E-state index contributed by atoms with van der Waals surface area (Å²) in [5, 5.41) is 0. The predicted octanol–water partition coefficient (Wildman–Crippen LogP) is 4.43. The summed E-state index contributed by atoms with van der Waals surface area (Å²) in [5.41, 5.74) is 5.34. The predicted molar refractivity (Wildman–Crippen MR) is 74.6 cm³/mol. The molecule has 0 spiro atoms. The van der Waals surface area contributed by atoms with Crippen molar-refractivity contribution in [2.45, 2.75) is 6.42 Å². The van der Waals surface area contributed by atoms with Gasteiger partial charge in [-0.1, -0.05) is 66.8 Å². The molecule has 0 unspecified atom stereocenters. The Balaban J connectivity index is 1.69. The minimum Gasteiger partial charge on any atom is -0.0795 e. The molecular weight excluding hydrogens is 204 g/mol. The summed E-state index contributed by atoms with van der Waals surface area (Å²) >= 11 is 0. The van der Waals surface area contributed by atoms with E-state index in [-0.39, 0.29) is 0 Å². The molecule has 0 saturated heterocycles. The van der Waals surface area contributed by atoms with Crippen LogP contribution in [0.4, 0.5) is 0 Å². The molecule has 1 aliphatic carbocycles. The van der Waals surface area contributed by atoms with E-state index in [0.29, 0.717) is 0 Å². The summed E-state index contributed by atoms with van der Waals surface area (Å²) in [5.74, 6) is 0. The molecule has 0 N–H and O–H groups in total. The fourth-order valence-electron chi connectivity index (χ4n) is 2.02. The van der Waals surface area contributed by atoms with Crippen LogP contribution in [0.2, 0.25) is 0 Å². The average Bonchev–Trinajstić information content (AvgIpc) is 2.34. The first-order valence-corrected chi connectivity index (χ1v) is 5.94. The highest BCUT2D eigenvalue weighted by Crippen LogP contribution is 2.24. The molecule has 0 heteroatoms. The first-order chi connectivity index (χ1) is 8.42. The topological polar surface area (TPSA) is 0 Å². The lowest BCUT2D eigenvalue weighted by Crippen LogP contribution is -1.89. The van der Waals surface area contributed by atoms with Gasteiger partial charge in [0, 0.05) is 0 Å². The Kier molecular flexibility index (Phi) is 2.63. The summed E-state index contributed by atoms with van der Waals surface area (Å²) in [4.78, 5) is 0. The molecule has 2 aromatic rings. The standard InChI is InChI=1S/C17H14/c1-2-5-14(6-3-1)7-4-8-15-9-10-16-11-12-17(16)13-15/h1-6,8-13H,7H2. The van der Waals surface area contributed by atoms with Gasteiger partial charge in [-0.25, -0.2) is 0 Å². The minimum absolute atomic E-state index is 0.994. The Hall–Kier alpha value is -2.08. The summed E-state index contributed by atoms with van der Waals surface area (Å²) in [6, 6.07) is 17.1. The molecule has 0 radical (unpaired) electrons. The van der Waals surface area contributed by atoms with Gasteiger partial charge in [0.25, 0.3) is 0 Å². The lowest BCUT2D eigenvalue weighted by molar-refractivity contribution is 1.28. The van der Waals surface area contributed by atoms with Crippen LogP contribution in [0.15, 0.2) is 54.6 Å². The van der Waals surface area contributed by atoms with Crippen molar-refractivity contribution in [2.24, 2.45) is 0 Å². The van der Waals surface area contributed by atoms with Gasteiger partial charge >= 0.3 is 0 Å². The molecule has 17 heavy (non-hydrogen) atoms. The second-order valence-electron chi connectivity index (χ2n) is 4.31. The first-order valence-electron chi connectivity index (χ1n) is 5.94. The lowest BCUT2D eigenvalue weighted by Gasteiger charge is -2.09. The molecule has 0 amide bonds. The fourth-order valence-corrected chi connectivity index (χ4v) is 2.02. The molecule has 0 aliphatic heterocycles. The second kappa shape index (κ2) is 4.42. The summed E-state index contributed by atoms with van der Waals surface area (Å²) in [7, 11) is 0. The van der Waals surface area contributed by atoms with Crippen molar-refractivity contribution >= 4 is 18.2 Å². The van der Waals surface area contributed by atoms with E-state index in [1.807, 2.05) is 0 Å². The third kappa shape index (κ3) is 2.21. The molecule has 2 aromatic carbocycles. The molecule has 82 valence electrons. The van der Waals surface area contributed by atoms with Crippen LogP contribution in [-0.4, -0.2) is 0 Å². The summed E-state index contributed by atoms with van der Waals surface area (Å²) in [6.07, 6.45) is 9.71. The van der Waals surface area contributed by atoms with Gasteiger partial charge in [0.1, 0.15) is 0 Å². The summed E-state index contributed by atoms with van der Waals surface area (Å²) < 4.78 is 0. The Morgan fingerprint density at radius 1 is 0.824 bits per heavy atom. The largest absolute Gasteiger partial charge is 0.0795 e. The van der Waals surface area contributed by atoms with Crippen LogP contribution in [-0.2, 0) is 6.42 Å². The number of hydrogen-bond acceptors (Lipinski definition) is 0. The number of benzene rings is 2. The van der Waals surface area contributed by atoms with Crippen molar-refractivity contribution < 1.29 is 0 Å². The van der Waals surface area contributed by atoms with Crippen molar-refractivity contribution in [1.82, 2.24) is 0 Å². The highest BCUT2D eigenvalue weighted by atomic mass is 14.1. The highest BCUT2D eigenvalue weighted by Gasteiger charge is 2.03. The zero-order valence-electron chi connectivity index (χ0n) is 9.64. The van der Waals surface area contributed by atoms with E-state index >= 15 is 0 Å². The highest BCUT2D eigenvalue weighted by molar-refractivity contribution is 5.86. The van der Waals surface area contributed by atoms with Gasteiger partial charge in [0.2, 0.25) is 0 Å². The molecule has 0 heterocycles. The van der Waals surface area contributed by atoms with Crippen molar-refractivity contribution in [3.8, 4) is 0 Å². The summed E-state index contributed by atoms with van der Waals surface area (Å²) in [6.45, 7) is 0. The lowest BCUT2D eigenvalue weighted by atomic mass is 9.95. The van der Waals surface area contributed by atoms with Crippen LogP contribution in [0.3, 0.4) is 0 Å². The van der Waals surface area contributed by atoms with E-state index in [9.17, 15) is 0 Å². The van der Waals surface area contributed by atoms with Gasteiger partial charge in [-0.05, 0) is 34.7 Å². The number of rotatable bonds is 3. The van der Waals surface area contributed by atoms with E-state index in [4.69, 9.17) is 0 Å². The van der Waals surface area contributed by atoms with Gasteiger partial charge in [-0.15, -0.1) is 0 Å². The molecule has 3 rings (SSSR count). The van der Waals surface area contributed by atoms with E-state index in [1.165, 1.54) is 22.3 Å². The van der Waals surface area contributed by atoms with Crippen LogP contribution < -0.4 is 0 Å². The van der Waals surface area contributed by atoms with Crippen molar-refractivity contribution in [1.29, 1.82) is 0 Å². The Labute approximate surface area is 102 Å². The van der Waals surface area contributed by atoms with E-state index < -0.39 is 0 Å². The van der Waals surface area contributed by atoms with Crippen LogP contribution in [0.5, 0.6) is 0 Å². The molecule has 1 aliphatic rings. The van der Waals surface area contributed by atoms with Crippen molar-refractivity contribution in [3.63, 3.8) is 0 Å². The third-order valence-corrected chi connectivity index (χ3v) is 3.06.